The molecular formula is C13H18FN3O5S. The van der Waals surface area contributed by atoms with E-state index in [1.54, 1.807) is 0 Å². The van der Waals surface area contributed by atoms with Gasteiger partial charge in [0, 0.05) is 12.6 Å². The van der Waals surface area contributed by atoms with Gasteiger partial charge in [-0.1, -0.05) is 0 Å². The van der Waals surface area contributed by atoms with Gasteiger partial charge in [0.2, 0.25) is 15.8 Å². The summed E-state index contributed by atoms with van der Waals surface area (Å²) in [6.07, 6.45) is 1.62. The van der Waals surface area contributed by atoms with Gasteiger partial charge < -0.3 is 10.1 Å². The van der Waals surface area contributed by atoms with Crippen LogP contribution in [-0.4, -0.2) is 40.1 Å². The van der Waals surface area contributed by atoms with E-state index in [4.69, 9.17) is 0 Å². The molecule has 8 nitrogen and oxygen atoms in total. The number of sulfonamides is 1. The summed E-state index contributed by atoms with van der Waals surface area (Å²) in [7, 11) is -2.95. The molecule has 2 rings (SSSR count). The van der Waals surface area contributed by atoms with Crippen LogP contribution in [0.1, 0.15) is 12.8 Å². The molecule has 23 heavy (non-hydrogen) atoms. The molecule has 1 atom stereocenters. The minimum atomic E-state index is -4.03. The molecule has 0 bridgehead atoms. The van der Waals surface area contributed by atoms with Gasteiger partial charge in [0.15, 0.2) is 5.82 Å². The smallest absolute Gasteiger partial charge is 0.315 e. The number of hydrogen-bond donors (Lipinski definition) is 2. The normalized spacial score (nSPS) is 18.1. The first-order valence-corrected chi connectivity index (χ1v) is 8.55. The van der Waals surface area contributed by atoms with Crippen molar-refractivity contribution < 1.29 is 22.5 Å². The topological polar surface area (TPSA) is 111 Å². The van der Waals surface area contributed by atoms with Crippen LogP contribution in [0.15, 0.2) is 17.0 Å². The lowest BCUT2D eigenvalue weighted by Crippen LogP contribution is -2.27. The Kier molecular flexibility index (Phi) is 5.50. The van der Waals surface area contributed by atoms with E-state index in [0.717, 1.165) is 32.7 Å². The summed E-state index contributed by atoms with van der Waals surface area (Å²) in [5, 5.41) is 14.1. The molecule has 1 aromatic rings. The van der Waals surface area contributed by atoms with Crippen molar-refractivity contribution in [1.29, 1.82) is 0 Å². The summed E-state index contributed by atoms with van der Waals surface area (Å²) in [4.78, 5) is 9.56. The van der Waals surface area contributed by atoms with Crippen molar-refractivity contribution in [3.05, 3.63) is 28.1 Å². The molecule has 1 fully saturated rings. The van der Waals surface area contributed by atoms with E-state index in [0.29, 0.717) is 18.4 Å². The van der Waals surface area contributed by atoms with Gasteiger partial charge in [0.1, 0.15) is 0 Å². The average molecular weight is 347 g/mol. The Labute approximate surface area is 133 Å². The molecule has 1 heterocycles. The number of nitro benzene ring substituents is 1. The van der Waals surface area contributed by atoms with Gasteiger partial charge in [-0.15, -0.1) is 0 Å². The lowest BCUT2D eigenvalue weighted by atomic mass is 10.1. The molecule has 0 amide bonds. The average Bonchev–Trinajstić information content (AvgIpc) is 2.99. The van der Waals surface area contributed by atoms with Crippen molar-refractivity contribution in [2.24, 2.45) is 5.92 Å². The van der Waals surface area contributed by atoms with Crippen LogP contribution in [0.25, 0.3) is 0 Å². The monoisotopic (exact) mass is 347 g/mol. The lowest BCUT2D eigenvalue weighted by Gasteiger charge is -2.11. The third-order valence-corrected chi connectivity index (χ3v) is 5.16. The van der Waals surface area contributed by atoms with Crippen LogP contribution >= 0.6 is 0 Å². The molecule has 0 saturated carbocycles. The number of hydrogen-bond acceptors (Lipinski definition) is 6. The summed E-state index contributed by atoms with van der Waals surface area (Å²) >= 11 is 0. The van der Waals surface area contributed by atoms with Crippen LogP contribution < -0.4 is 14.8 Å². The minimum Gasteiger partial charge on any atom is -0.488 e. The van der Waals surface area contributed by atoms with Gasteiger partial charge >= 0.3 is 5.69 Å². The zero-order valence-electron chi connectivity index (χ0n) is 12.5. The Bertz CT molecular complexity index is 689. The predicted octanol–water partition coefficient (Wildman–Crippen LogP) is 1.02. The fraction of sp³-hybridized carbons (Fsp3) is 0.538. The highest BCUT2D eigenvalue weighted by Gasteiger charge is 2.26. The summed E-state index contributed by atoms with van der Waals surface area (Å²) in [5.41, 5.74) is -0.729. The quantitative estimate of drug-likeness (QED) is 0.563. The number of methoxy groups -OCH3 is 1. The van der Waals surface area contributed by atoms with E-state index in [2.05, 4.69) is 14.8 Å². The second-order valence-electron chi connectivity index (χ2n) is 5.26. The zero-order valence-corrected chi connectivity index (χ0v) is 13.4. The predicted molar refractivity (Wildman–Crippen MR) is 80.4 cm³/mol. The van der Waals surface area contributed by atoms with Gasteiger partial charge in [0.25, 0.3) is 0 Å². The van der Waals surface area contributed by atoms with Crippen LogP contribution in [0, 0.1) is 21.8 Å². The first-order chi connectivity index (χ1) is 10.8. The van der Waals surface area contributed by atoms with Gasteiger partial charge in [-0.3, -0.25) is 10.1 Å². The second-order valence-corrected chi connectivity index (χ2v) is 7.03. The summed E-state index contributed by atoms with van der Waals surface area (Å²) < 4.78 is 45.2. The molecule has 0 aliphatic carbocycles. The molecular weight excluding hydrogens is 329 g/mol. The van der Waals surface area contributed by atoms with Crippen molar-refractivity contribution in [2.45, 2.75) is 17.7 Å². The van der Waals surface area contributed by atoms with E-state index in [-0.39, 0.29) is 6.54 Å². The van der Waals surface area contributed by atoms with Crippen LogP contribution in [0.4, 0.5) is 10.1 Å². The Hall–Kier alpha value is -1.78. The maximum atomic E-state index is 13.8. The third kappa shape index (κ3) is 4.15. The molecule has 10 heteroatoms. The van der Waals surface area contributed by atoms with Crippen molar-refractivity contribution in [2.75, 3.05) is 26.7 Å². The Balaban J connectivity index is 2.16. The second kappa shape index (κ2) is 7.20. The summed E-state index contributed by atoms with van der Waals surface area (Å²) in [6, 6.07) is 1.51. The Morgan fingerprint density at radius 2 is 2.26 bits per heavy atom. The number of nitrogens with zero attached hydrogens (tertiary/aromatic N) is 1. The molecule has 1 aromatic carbocycles. The highest BCUT2D eigenvalue weighted by Crippen LogP contribution is 2.32. The number of rotatable bonds is 7. The SMILES string of the molecule is COc1c(F)cc(S(=O)(=O)NCCC2CCNC2)cc1[N+](=O)[O-]. The van der Waals surface area contributed by atoms with Crippen LogP contribution in [0.3, 0.4) is 0 Å². The maximum absolute atomic E-state index is 13.8. The van der Waals surface area contributed by atoms with Crippen molar-refractivity contribution in [1.82, 2.24) is 10.0 Å². The maximum Gasteiger partial charge on any atom is 0.315 e. The first kappa shape index (κ1) is 17.6. The van der Waals surface area contributed by atoms with Gasteiger partial charge in [-0.2, -0.15) is 0 Å². The molecule has 1 aliphatic heterocycles. The highest BCUT2D eigenvalue weighted by molar-refractivity contribution is 7.89. The molecule has 2 N–H and O–H groups in total. The van der Waals surface area contributed by atoms with E-state index in [1.165, 1.54) is 0 Å². The Morgan fingerprint density at radius 3 is 2.83 bits per heavy atom. The molecule has 1 saturated heterocycles. The van der Waals surface area contributed by atoms with Crippen LogP contribution in [0.5, 0.6) is 5.75 Å². The first-order valence-electron chi connectivity index (χ1n) is 7.07. The van der Waals surface area contributed by atoms with E-state index in [1.807, 2.05) is 0 Å². The number of benzene rings is 1. The summed E-state index contributed by atoms with van der Waals surface area (Å²) in [6.45, 7) is 1.94. The number of nitrogens with one attached hydrogen (secondary N) is 2. The molecule has 1 aliphatic rings. The highest BCUT2D eigenvalue weighted by atomic mass is 32.2. The fourth-order valence-electron chi connectivity index (χ4n) is 2.49. The van der Waals surface area contributed by atoms with Gasteiger partial charge in [-0.25, -0.2) is 17.5 Å². The number of nitro groups is 1. The molecule has 1 unspecified atom stereocenters. The van der Waals surface area contributed by atoms with E-state index in [9.17, 15) is 22.9 Å². The van der Waals surface area contributed by atoms with Crippen molar-refractivity contribution in [3.8, 4) is 5.75 Å². The van der Waals surface area contributed by atoms with Gasteiger partial charge in [0.05, 0.1) is 16.9 Å². The summed E-state index contributed by atoms with van der Waals surface area (Å²) in [5.74, 6) is -1.30. The standard InChI is InChI=1S/C13H18FN3O5S/c1-22-13-11(14)6-10(7-12(13)17(18)19)23(20,21)16-5-3-9-2-4-15-8-9/h6-7,9,15-16H,2-5,8H2,1H3. The van der Waals surface area contributed by atoms with E-state index < -0.39 is 37.1 Å². The largest absolute Gasteiger partial charge is 0.488 e. The zero-order chi connectivity index (χ0) is 17.0. The molecule has 0 spiro atoms. The molecule has 128 valence electrons. The number of halogens is 1. The molecule has 0 radical (unpaired) electrons. The minimum absolute atomic E-state index is 0.191. The van der Waals surface area contributed by atoms with Crippen molar-refractivity contribution in [3.63, 3.8) is 0 Å². The van der Waals surface area contributed by atoms with Crippen LogP contribution in [-0.2, 0) is 10.0 Å². The van der Waals surface area contributed by atoms with Crippen LogP contribution in [0.2, 0.25) is 0 Å². The lowest BCUT2D eigenvalue weighted by molar-refractivity contribution is -0.386. The molecule has 0 aromatic heterocycles. The third-order valence-electron chi connectivity index (χ3n) is 3.72. The van der Waals surface area contributed by atoms with Crippen molar-refractivity contribution >= 4 is 15.7 Å². The van der Waals surface area contributed by atoms with E-state index >= 15 is 0 Å². The Morgan fingerprint density at radius 1 is 1.52 bits per heavy atom. The number of ether oxygens (including phenoxy) is 1. The fourth-order valence-corrected chi connectivity index (χ4v) is 3.57. The van der Waals surface area contributed by atoms with Gasteiger partial charge in [-0.05, 0) is 37.9 Å².